The molecule has 0 radical (unpaired) electrons. The Bertz CT molecular complexity index is 1320. The number of anilines is 2. The Morgan fingerprint density at radius 3 is 2.14 bits per heavy atom. The molecule has 2 N–H and O–H groups in total. The van der Waals surface area contributed by atoms with Crippen LogP contribution >= 0.6 is 0 Å². The molecule has 1 aliphatic heterocycles. The van der Waals surface area contributed by atoms with Crippen LogP contribution in [-0.4, -0.2) is 43.4 Å². The Balaban J connectivity index is 1.46. The van der Waals surface area contributed by atoms with Gasteiger partial charge in [-0.3, -0.25) is 9.59 Å². The summed E-state index contributed by atoms with van der Waals surface area (Å²) in [5, 5.41) is 5.61. The Hall–Kier alpha value is -3.69. The molecule has 3 aromatic rings. The van der Waals surface area contributed by atoms with Crippen molar-refractivity contribution in [1.82, 2.24) is 4.31 Å². The van der Waals surface area contributed by atoms with Crippen LogP contribution < -0.4 is 15.4 Å². The number of carbonyl (C=O) groups excluding carboxylic acids is 2. The van der Waals surface area contributed by atoms with Gasteiger partial charge < -0.3 is 15.4 Å². The lowest BCUT2D eigenvalue weighted by Gasteiger charge is -2.34. The number of fused-ring (bicyclic) bond motifs is 1. The average molecular weight is 494 g/mol. The lowest BCUT2D eigenvalue weighted by Crippen LogP contribution is -2.51. The number of hydrogen-bond donors (Lipinski definition) is 2. The van der Waals surface area contributed by atoms with Crippen LogP contribution in [0.5, 0.6) is 5.75 Å². The molecule has 9 heteroatoms. The van der Waals surface area contributed by atoms with Crippen LogP contribution in [0.2, 0.25) is 0 Å². The van der Waals surface area contributed by atoms with Crippen molar-refractivity contribution in [2.24, 2.45) is 0 Å². The van der Waals surface area contributed by atoms with Gasteiger partial charge in [-0.1, -0.05) is 24.3 Å². The lowest BCUT2D eigenvalue weighted by molar-refractivity contribution is -0.120. The van der Waals surface area contributed by atoms with E-state index in [1.165, 1.54) is 4.31 Å². The highest BCUT2D eigenvalue weighted by Gasteiger charge is 2.37. The molecular weight excluding hydrogens is 466 g/mol. The van der Waals surface area contributed by atoms with Gasteiger partial charge in [0.1, 0.15) is 11.8 Å². The van der Waals surface area contributed by atoms with Gasteiger partial charge in [0, 0.05) is 23.5 Å². The van der Waals surface area contributed by atoms with Gasteiger partial charge in [-0.25, -0.2) is 8.42 Å². The number of ether oxygens (including phenoxy) is 1. The van der Waals surface area contributed by atoms with Crippen LogP contribution in [0.3, 0.4) is 0 Å². The van der Waals surface area contributed by atoms with Crippen LogP contribution in [0.1, 0.15) is 28.4 Å². The zero-order valence-corrected chi connectivity index (χ0v) is 20.3. The van der Waals surface area contributed by atoms with Gasteiger partial charge in [0.25, 0.3) is 5.91 Å². The number of nitrogens with zero attached hydrogens (tertiary/aromatic N) is 1. The quantitative estimate of drug-likeness (QED) is 0.523. The summed E-state index contributed by atoms with van der Waals surface area (Å²) >= 11 is 0. The molecule has 0 saturated heterocycles. The number of benzene rings is 3. The molecular formula is C26H27N3O5S. The fourth-order valence-electron chi connectivity index (χ4n) is 3.99. The minimum atomic E-state index is -3.59. The van der Waals surface area contributed by atoms with Crippen molar-refractivity contribution in [3.05, 3.63) is 89.5 Å². The molecule has 1 unspecified atom stereocenters. The number of methoxy groups -OCH3 is 1. The third-order valence-corrected chi connectivity index (χ3v) is 7.82. The van der Waals surface area contributed by atoms with Gasteiger partial charge in [0.2, 0.25) is 15.9 Å². The number of sulfonamides is 1. The number of amides is 2. The van der Waals surface area contributed by atoms with Crippen LogP contribution in [-0.2, 0) is 27.8 Å². The smallest absolute Gasteiger partial charge is 0.255 e. The van der Waals surface area contributed by atoms with Crippen molar-refractivity contribution in [2.45, 2.75) is 25.9 Å². The minimum absolute atomic E-state index is 0.0864. The Morgan fingerprint density at radius 1 is 0.914 bits per heavy atom. The van der Waals surface area contributed by atoms with Gasteiger partial charge in [-0.15, -0.1) is 0 Å². The summed E-state index contributed by atoms with van der Waals surface area (Å²) in [7, 11) is -2.02. The summed E-state index contributed by atoms with van der Waals surface area (Å²) in [6.07, 6.45) is 0.295. The highest BCUT2D eigenvalue weighted by atomic mass is 32.2. The monoisotopic (exact) mass is 493 g/mol. The molecule has 0 bridgehead atoms. The van der Waals surface area contributed by atoms with Crippen molar-refractivity contribution in [3.63, 3.8) is 0 Å². The molecule has 0 fully saturated rings. The van der Waals surface area contributed by atoms with E-state index in [1.54, 1.807) is 62.6 Å². The summed E-state index contributed by atoms with van der Waals surface area (Å²) in [5.41, 5.74) is 3.38. The van der Waals surface area contributed by atoms with E-state index < -0.39 is 22.0 Å². The Labute approximate surface area is 205 Å². The molecule has 1 atom stereocenters. The van der Waals surface area contributed by atoms with Crippen LogP contribution in [0.15, 0.2) is 72.8 Å². The topological polar surface area (TPSA) is 105 Å². The van der Waals surface area contributed by atoms with Crippen molar-refractivity contribution in [1.29, 1.82) is 0 Å². The molecule has 0 aromatic heterocycles. The van der Waals surface area contributed by atoms with Crippen molar-refractivity contribution >= 4 is 33.2 Å². The first-order chi connectivity index (χ1) is 16.8. The molecule has 0 aliphatic carbocycles. The molecule has 0 saturated carbocycles. The number of nitrogens with one attached hydrogen (secondary N) is 2. The van der Waals surface area contributed by atoms with Gasteiger partial charge in [-0.2, -0.15) is 4.31 Å². The zero-order valence-electron chi connectivity index (χ0n) is 19.5. The maximum atomic E-state index is 13.2. The largest absolute Gasteiger partial charge is 0.497 e. The minimum Gasteiger partial charge on any atom is -0.497 e. The van der Waals surface area contributed by atoms with Gasteiger partial charge >= 0.3 is 0 Å². The predicted octanol–water partition coefficient (Wildman–Crippen LogP) is 3.66. The van der Waals surface area contributed by atoms with E-state index in [0.717, 1.165) is 11.1 Å². The van der Waals surface area contributed by atoms with Crippen molar-refractivity contribution in [2.75, 3.05) is 23.5 Å². The summed E-state index contributed by atoms with van der Waals surface area (Å²) < 4.78 is 31.9. The summed E-state index contributed by atoms with van der Waals surface area (Å²) in [4.78, 5) is 25.7. The van der Waals surface area contributed by atoms with Crippen molar-refractivity contribution < 1.29 is 22.7 Å². The average Bonchev–Trinajstić information content (AvgIpc) is 2.88. The SMILES string of the molecule is CCS(=O)(=O)N1Cc2ccccc2CC1C(=O)Nc1ccc(C(=O)Nc2ccc(OC)cc2)cc1. The summed E-state index contributed by atoms with van der Waals surface area (Å²) in [6.45, 7) is 1.73. The maximum absolute atomic E-state index is 13.2. The highest BCUT2D eigenvalue weighted by molar-refractivity contribution is 7.89. The van der Waals surface area contributed by atoms with Crippen LogP contribution in [0.4, 0.5) is 11.4 Å². The normalized spacial score (nSPS) is 15.7. The first-order valence-electron chi connectivity index (χ1n) is 11.2. The molecule has 2 amide bonds. The fraction of sp³-hybridized carbons (Fsp3) is 0.231. The number of hydrogen-bond acceptors (Lipinski definition) is 5. The lowest BCUT2D eigenvalue weighted by atomic mass is 9.95. The summed E-state index contributed by atoms with van der Waals surface area (Å²) in [5.74, 6) is -0.101. The van der Waals surface area contributed by atoms with Gasteiger partial charge in [-0.05, 0) is 73.0 Å². The molecule has 0 spiro atoms. The second kappa shape index (κ2) is 10.3. The molecule has 1 heterocycles. The number of rotatable bonds is 7. The van der Waals surface area contributed by atoms with Crippen molar-refractivity contribution in [3.8, 4) is 5.75 Å². The zero-order chi connectivity index (χ0) is 25.0. The third kappa shape index (κ3) is 5.52. The molecule has 4 rings (SSSR count). The highest BCUT2D eigenvalue weighted by Crippen LogP contribution is 2.27. The summed E-state index contributed by atoms with van der Waals surface area (Å²) in [6, 6.07) is 20.1. The predicted molar refractivity (Wildman–Crippen MR) is 135 cm³/mol. The van der Waals surface area contributed by atoms with E-state index in [1.807, 2.05) is 24.3 Å². The van der Waals surface area contributed by atoms with Crippen LogP contribution in [0.25, 0.3) is 0 Å². The second-order valence-corrected chi connectivity index (χ2v) is 10.4. The first kappa shape index (κ1) is 24.4. The third-order valence-electron chi connectivity index (χ3n) is 5.99. The van der Waals surface area contributed by atoms with E-state index in [2.05, 4.69) is 10.6 Å². The van der Waals surface area contributed by atoms with E-state index in [4.69, 9.17) is 4.74 Å². The Morgan fingerprint density at radius 2 is 1.51 bits per heavy atom. The maximum Gasteiger partial charge on any atom is 0.255 e. The van der Waals surface area contributed by atoms with Gasteiger partial charge in [0.15, 0.2) is 0 Å². The van der Waals surface area contributed by atoms with Gasteiger partial charge in [0.05, 0.1) is 12.9 Å². The fourth-order valence-corrected chi connectivity index (χ4v) is 5.21. The van der Waals surface area contributed by atoms with E-state index in [9.17, 15) is 18.0 Å². The number of carbonyl (C=O) groups is 2. The van der Waals surface area contributed by atoms with E-state index in [-0.39, 0.29) is 18.2 Å². The first-order valence-corrected chi connectivity index (χ1v) is 12.8. The Kier molecular flexibility index (Phi) is 7.18. The molecule has 3 aromatic carbocycles. The second-order valence-electron chi connectivity index (χ2n) is 8.18. The van der Waals surface area contributed by atoms with E-state index >= 15 is 0 Å². The standard InChI is InChI=1S/C26H27N3O5S/c1-3-35(32,33)29-17-20-7-5-4-6-19(20)16-24(29)26(31)28-21-10-8-18(9-11-21)25(30)27-22-12-14-23(34-2)15-13-22/h4-15,24H,3,16-17H2,1-2H3,(H,27,30)(H,28,31). The molecule has 1 aliphatic rings. The van der Waals surface area contributed by atoms with E-state index in [0.29, 0.717) is 29.1 Å². The molecule has 182 valence electrons. The molecule has 35 heavy (non-hydrogen) atoms. The molecule has 8 nitrogen and oxygen atoms in total. The van der Waals surface area contributed by atoms with Crippen LogP contribution in [0, 0.1) is 0 Å².